The molecule has 0 aliphatic heterocycles. The van der Waals surface area contributed by atoms with E-state index in [1.54, 1.807) is 24.4 Å². The molecule has 0 radical (unpaired) electrons. The third kappa shape index (κ3) is 3.26. The van der Waals surface area contributed by atoms with Gasteiger partial charge >= 0.3 is 0 Å². The number of carbonyl (C=O) groups is 1. The van der Waals surface area contributed by atoms with Gasteiger partial charge in [0, 0.05) is 6.20 Å². The van der Waals surface area contributed by atoms with Crippen molar-refractivity contribution in [1.82, 2.24) is 19.9 Å². The first-order valence-electron chi connectivity index (χ1n) is 7.29. The number of pyridine rings is 1. The molecule has 1 N–H and O–H groups in total. The standard InChI is InChI=1S/C17H16N4O2/c1-12(14-7-4-5-9-18-14)20-16(22)10-21-11-19-15-8-3-2-6-13(15)17(21)23/h2-9,11-12H,10H2,1H3,(H,20,22). The minimum Gasteiger partial charge on any atom is -0.346 e. The topological polar surface area (TPSA) is 76.9 Å². The van der Waals surface area contributed by atoms with Gasteiger partial charge in [-0.05, 0) is 31.2 Å². The number of para-hydroxylation sites is 1. The molecule has 6 heteroatoms. The summed E-state index contributed by atoms with van der Waals surface area (Å²) in [6.45, 7) is 1.77. The highest BCUT2D eigenvalue weighted by Gasteiger charge is 2.12. The van der Waals surface area contributed by atoms with Crippen LogP contribution < -0.4 is 10.9 Å². The Morgan fingerprint density at radius 1 is 1.17 bits per heavy atom. The lowest BCUT2D eigenvalue weighted by Gasteiger charge is -2.14. The maximum atomic E-state index is 12.4. The van der Waals surface area contributed by atoms with Gasteiger partial charge in [-0.1, -0.05) is 18.2 Å². The molecule has 23 heavy (non-hydrogen) atoms. The summed E-state index contributed by atoms with van der Waals surface area (Å²) in [5, 5.41) is 3.33. The zero-order chi connectivity index (χ0) is 16.2. The number of carbonyl (C=O) groups excluding carboxylic acids is 1. The molecule has 0 saturated heterocycles. The first-order valence-corrected chi connectivity index (χ1v) is 7.29. The van der Waals surface area contributed by atoms with Gasteiger partial charge in [0.1, 0.15) is 6.54 Å². The zero-order valence-corrected chi connectivity index (χ0v) is 12.6. The number of hydrogen-bond donors (Lipinski definition) is 1. The van der Waals surface area contributed by atoms with Gasteiger partial charge in [0.15, 0.2) is 0 Å². The molecule has 0 aliphatic rings. The Kier molecular flexibility index (Phi) is 4.14. The Bertz CT molecular complexity index is 890. The molecule has 0 bridgehead atoms. The largest absolute Gasteiger partial charge is 0.346 e. The molecule has 6 nitrogen and oxygen atoms in total. The summed E-state index contributed by atoms with van der Waals surface area (Å²) in [6.07, 6.45) is 3.07. The van der Waals surface area contributed by atoms with Crippen LogP contribution in [0.15, 0.2) is 59.8 Å². The molecule has 2 aromatic heterocycles. The Labute approximate surface area is 132 Å². The fourth-order valence-electron chi connectivity index (χ4n) is 2.37. The number of hydrogen-bond acceptors (Lipinski definition) is 4. The van der Waals surface area contributed by atoms with Gasteiger partial charge in [0.05, 0.1) is 29.0 Å². The number of fused-ring (bicyclic) bond motifs is 1. The van der Waals surface area contributed by atoms with E-state index < -0.39 is 0 Å². The molecule has 2 heterocycles. The number of amides is 1. The van der Waals surface area contributed by atoms with Crippen molar-refractivity contribution in [1.29, 1.82) is 0 Å². The van der Waals surface area contributed by atoms with Gasteiger partial charge in [-0.2, -0.15) is 0 Å². The van der Waals surface area contributed by atoms with Crippen LogP contribution in [0.5, 0.6) is 0 Å². The van der Waals surface area contributed by atoms with E-state index >= 15 is 0 Å². The van der Waals surface area contributed by atoms with E-state index in [0.29, 0.717) is 10.9 Å². The monoisotopic (exact) mass is 308 g/mol. The van der Waals surface area contributed by atoms with Gasteiger partial charge in [-0.3, -0.25) is 19.1 Å². The maximum Gasteiger partial charge on any atom is 0.261 e. The molecule has 0 saturated carbocycles. The van der Waals surface area contributed by atoms with Crippen LogP contribution >= 0.6 is 0 Å². The van der Waals surface area contributed by atoms with Crippen molar-refractivity contribution in [3.63, 3.8) is 0 Å². The normalized spacial score (nSPS) is 12.0. The van der Waals surface area contributed by atoms with Gasteiger partial charge in [0.2, 0.25) is 5.91 Å². The van der Waals surface area contributed by atoms with E-state index in [2.05, 4.69) is 15.3 Å². The minimum absolute atomic E-state index is 0.0756. The van der Waals surface area contributed by atoms with Crippen molar-refractivity contribution in [2.24, 2.45) is 0 Å². The Hall–Kier alpha value is -3.02. The fourth-order valence-corrected chi connectivity index (χ4v) is 2.37. The first kappa shape index (κ1) is 14.9. The second-order valence-corrected chi connectivity index (χ2v) is 5.24. The van der Waals surface area contributed by atoms with Gasteiger partial charge in [-0.25, -0.2) is 4.98 Å². The van der Waals surface area contributed by atoms with Crippen LogP contribution in [-0.4, -0.2) is 20.4 Å². The van der Waals surface area contributed by atoms with Crippen molar-refractivity contribution >= 4 is 16.8 Å². The smallest absolute Gasteiger partial charge is 0.261 e. The lowest BCUT2D eigenvalue weighted by atomic mass is 10.2. The molecule has 116 valence electrons. The average molecular weight is 308 g/mol. The van der Waals surface area contributed by atoms with Gasteiger partial charge < -0.3 is 5.32 Å². The molecular formula is C17H16N4O2. The molecule has 1 aromatic carbocycles. The van der Waals surface area contributed by atoms with Crippen molar-refractivity contribution in [3.05, 3.63) is 71.0 Å². The summed E-state index contributed by atoms with van der Waals surface area (Å²) in [6, 6.07) is 12.4. The Morgan fingerprint density at radius 2 is 1.96 bits per heavy atom. The van der Waals surface area contributed by atoms with Gasteiger partial charge in [-0.15, -0.1) is 0 Å². The summed E-state index contributed by atoms with van der Waals surface area (Å²) < 4.78 is 1.31. The van der Waals surface area contributed by atoms with Crippen molar-refractivity contribution < 1.29 is 4.79 Å². The van der Waals surface area contributed by atoms with Crippen LogP contribution in [0.2, 0.25) is 0 Å². The molecular weight excluding hydrogens is 292 g/mol. The molecule has 1 amide bonds. The van der Waals surface area contributed by atoms with E-state index in [0.717, 1.165) is 5.69 Å². The van der Waals surface area contributed by atoms with Crippen LogP contribution in [0, 0.1) is 0 Å². The number of benzene rings is 1. The Balaban J connectivity index is 1.76. The average Bonchev–Trinajstić information content (AvgIpc) is 2.58. The number of nitrogens with zero attached hydrogens (tertiary/aromatic N) is 3. The molecule has 0 aliphatic carbocycles. The van der Waals surface area contributed by atoms with E-state index in [1.807, 2.05) is 31.2 Å². The van der Waals surface area contributed by atoms with Crippen LogP contribution in [0.1, 0.15) is 18.7 Å². The predicted octanol–water partition coefficient (Wildman–Crippen LogP) is 1.67. The van der Waals surface area contributed by atoms with Crippen molar-refractivity contribution in [2.45, 2.75) is 19.5 Å². The second kappa shape index (κ2) is 6.39. The quantitative estimate of drug-likeness (QED) is 0.795. The molecule has 3 rings (SSSR count). The number of aromatic nitrogens is 3. The third-order valence-corrected chi connectivity index (χ3v) is 3.55. The van der Waals surface area contributed by atoms with Crippen LogP contribution in [0.4, 0.5) is 0 Å². The van der Waals surface area contributed by atoms with Crippen molar-refractivity contribution in [2.75, 3.05) is 0 Å². The highest BCUT2D eigenvalue weighted by Crippen LogP contribution is 2.08. The first-order chi connectivity index (χ1) is 11.1. The predicted molar refractivity (Wildman–Crippen MR) is 86.8 cm³/mol. The van der Waals surface area contributed by atoms with Crippen LogP contribution in [-0.2, 0) is 11.3 Å². The SMILES string of the molecule is CC(NC(=O)Cn1cnc2ccccc2c1=O)c1ccccn1. The highest BCUT2D eigenvalue weighted by atomic mass is 16.2. The summed E-state index contributed by atoms with van der Waals surface area (Å²) in [5.74, 6) is -0.262. The number of rotatable bonds is 4. The summed E-state index contributed by atoms with van der Waals surface area (Å²) in [5.41, 5.74) is 1.16. The summed E-state index contributed by atoms with van der Waals surface area (Å²) >= 11 is 0. The fraction of sp³-hybridized carbons (Fsp3) is 0.176. The molecule has 0 fully saturated rings. The minimum atomic E-state index is -0.262. The van der Waals surface area contributed by atoms with E-state index in [9.17, 15) is 9.59 Å². The molecule has 1 atom stereocenters. The lowest BCUT2D eigenvalue weighted by Crippen LogP contribution is -2.34. The summed E-state index contributed by atoms with van der Waals surface area (Å²) in [4.78, 5) is 32.9. The van der Waals surface area contributed by atoms with E-state index in [-0.39, 0.29) is 24.1 Å². The molecule has 3 aromatic rings. The second-order valence-electron chi connectivity index (χ2n) is 5.24. The summed E-state index contributed by atoms with van der Waals surface area (Å²) in [7, 11) is 0. The highest BCUT2D eigenvalue weighted by molar-refractivity contribution is 5.79. The Morgan fingerprint density at radius 3 is 2.74 bits per heavy atom. The van der Waals surface area contributed by atoms with Crippen LogP contribution in [0.25, 0.3) is 10.9 Å². The van der Waals surface area contributed by atoms with E-state index in [1.165, 1.54) is 10.9 Å². The lowest BCUT2D eigenvalue weighted by molar-refractivity contribution is -0.122. The van der Waals surface area contributed by atoms with E-state index in [4.69, 9.17) is 0 Å². The maximum absolute atomic E-state index is 12.4. The van der Waals surface area contributed by atoms with Gasteiger partial charge in [0.25, 0.3) is 5.56 Å². The molecule has 0 spiro atoms. The van der Waals surface area contributed by atoms with Crippen LogP contribution in [0.3, 0.4) is 0 Å². The number of nitrogens with one attached hydrogen (secondary N) is 1. The third-order valence-electron chi connectivity index (χ3n) is 3.55. The molecule has 1 unspecified atom stereocenters. The zero-order valence-electron chi connectivity index (χ0n) is 12.6. The van der Waals surface area contributed by atoms with Crippen molar-refractivity contribution in [3.8, 4) is 0 Å².